The van der Waals surface area contributed by atoms with Crippen LogP contribution >= 0.6 is 0 Å². The second-order valence-electron chi connectivity index (χ2n) is 9.88. The molecule has 12 heteroatoms. The van der Waals surface area contributed by atoms with Crippen LogP contribution in [0.15, 0.2) is 53.5 Å². The van der Waals surface area contributed by atoms with Crippen molar-refractivity contribution in [2.75, 3.05) is 6.54 Å². The predicted octanol–water partition coefficient (Wildman–Crippen LogP) is 4.83. The van der Waals surface area contributed by atoms with E-state index < -0.39 is 23.6 Å². The number of hydrogen-bond donors (Lipinski definition) is 4. The SMILES string of the molecule is C[C@H](N)CCCc1cc(OC(F)(F)F)c(F)c(-c2cc3cn(-c4ccc([C@@H](N)CCCN)cc4)c(=O)nc3[nH]2)c1. The maximum Gasteiger partial charge on any atom is 0.573 e. The van der Waals surface area contributed by atoms with Crippen LogP contribution in [-0.2, 0) is 6.42 Å². The molecule has 4 aromatic rings. The molecule has 0 aliphatic rings. The lowest BCUT2D eigenvalue weighted by molar-refractivity contribution is -0.275. The van der Waals surface area contributed by atoms with E-state index in [2.05, 4.69) is 14.7 Å². The number of halogens is 4. The average Bonchev–Trinajstić information content (AvgIpc) is 3.30. The smallest absolute Gasteiger partial charge is 0.403 e. The highest BCUT2D eigenvalue weighted by Gasteiger charge is 2.33. The molecule has 40 heavy (non-hydrogen) atoms. The Labute approximate surface area is 228 Å². The Hall–Kier alpha value is -3.74. The highest BCUT2D eigenvalue weighted by molar-refractivity contribution is 5.83. The first kappa shape index (κ1) is 29.2. The van der Waals surface area contributed by atoms with Crippen LogP contribution in [0.3, 0.4) is 0 Å². The number of nitrogens with two attached hydrogens (primary N) is 3. The van der Waals surface area contributed by atoms with Crippen molar-refractivity contribution in [3.63, 3.8) is 0 Å². The zero-order chi connectivity index (χ0) is 29.0. The Bertz CT molecular complexity index is 1510. The van der Waals surface area contributed by atoms with Gasteiger partial charge in [-0.2, -0.15) is 4.98 Å². The molecule has 0 amide bonds. The van der Waals surface area contributed by atoms with Crippen molar-refractivity contribution in [2.45, 2.75) is 57.5 Å². The van der Waals surface area contributed by atoms with Gasteiger partial charge in [0.2, 0.25) is 0 Å². The quantitative estimate of drug-likeness (QED) is 0.194. The van der Waals surface area contributed by atoms with Gasteiger partial charge in [-0.05, 0) is 87.0 Å². The number of nitrogens with one attached hydrogen (secondary N) is 1. The van der Waals surface area contributed by atoms with Gasteiger partial charge in [-0.1, -0.05) is 12.1 Å². The Morgan fingerprint density at radius 2 is 1.80 bits per heavy atom. The number of rotatable bonds is 11. The van der Waals surface area contributed by atoms with E-state index in [1.54, 1.807) is 12.1 Å². The lowest BCUT2D eigenvalue weighted by Crippen LogP contribution is -2.20. The molecule has 2 atom stereocenters. The second kappa shape index (κ2) is 12.2. The molecule has 7 N–H and O–H groups in total. The molecule has 2 aromatic heterocycles. The third-order valence-electron chi connectivity index (χ3n) is 6.57. The molecule has 0 fully saturated rings. The number of nitrogens with zero attached hydrogens (tertiary/aromatic N) is 2. The number of hydrogen-bond acceptors (Lipinski definition) is 6. The second-order valence-corrected chi connectivity index (χ2v) is 9.88. The van der Waals surface area contributed by atoms with Crippen LogP contribution in [0.2, 0.25) is 0 Å². The average molecular weight is 561 g/mol. The molecule has 2 heterocycles. The Kier molecular flexibility index (Phi) is 8.92. The Morgan fingerprint density at radius 1 is 1.07 bits per heavy atom. The Morgan fingerprint density at radius 3 is 2.45 bits per heavy atom. The number of aromatic amines is 1. The lowest BCUT2D eigenvalue weighted by atomic mass is 10.0. The molecule has 2 aromatic carbocycles. The van der Waals surface area contributed by atoms with Gasteiger partial charge in [-0.3, -0.25) is 4.57 Å². The predicted molar refractivity (Wildman–Crippen MR) is 146 cm³/mol. The first-order valence-electron chi connectivity index (χ1n) is 13.0. The number of benzene rings is 2. The first-order valence-corrected chi connectivity index (χ1v) is 13.0. The minimum absolute atomic E-state index is 0.0809. The molecule has 0 spiro atoms. The number of alkyl halides is 3. The van der Waals surface area contributed by atoms with E-state index in [0.29, 0.717) is 42.4 Å². The third-order valence-corrected chi connectivity index (χ3v) is 6.57. The monoisotopic (exact) mass is 560 g/mol. The van der Waals surface area contributed by atoms with Crippen molar-refractivity contribution in [3.05, 3.63) is 76.1 Å². The molecule has 8 nitrogen and oxygen atoms in total. The number of fused-ring (bicyclic) bond motifs is 1. The molecule has 0 radical (unpaired) electrons. The molecule has 4 rings (SSSR count). The van der Waals surface area contributed by atoms with Gasteiger partial charge >= 0.3 is 12.1 Å². The number of aromatic nitrogens is 3. The molecular weight excluding hydrogens is 528 g/mol. The number of H-pyrrole nitrogens is 1. The van der Waals surface area contributed by atoms with Gasteiger partial charge in [0, 0.05) is 29.2 Å². The summed E-state index contributed by atoms with van der Waals surface area (Å²) in [7, 11) is 0. The fraction of sp³-hybridized carbons (Fsp3) is 0.357. The lowest BCUT2D eigenvalue weighted by Gasteiger charge is -2.14. The molecule has 0 saturated carbocycles. The van der Waals surface area contributed by atoms with Crippen molar-refractivity contribution in [2.24, 2.45) is 17.2 Å². The molecule has 0 saturated heterocycles. The van der Waals surface area contributed by atoms with Gasteiger partial charge in [0.15, 0.2) is 11.6 Å². The van der Waals surface area contributed by atoms with E-state index >= 15 is 4.39 Å². The summed E-state index contributed by atoms with van der Waals surface area (Å²) in [5.74, 6) is -2.12. The van der Waals surface area contributed by atoms with Crippen LogP contribution in [0.4, 0.5) is 17.6 Å². The van der Waals surface area contributed by atoms with Gasteiger partial charge in [0.05, 0.1) is 11.4 Å². The number of ether oxygens (including phenoxy) is 1. The minimum atomic E-state index is -5.07. The molecule has 0 unspecified atom stereocenters. The van der Waals surface area contributed by atoms with Crippen LogP contribution in [0, 0.1) is 5.82 Å². The molecule has 0 bridgehead atoms. The minimum Gasteiger partial charge on any atom is -0.403 e. The summed E-state index contributed by atoms with van der Waals surface area (Å²) in [6.45, 7) is 2.37. The topological polar surface area (TPSA) is 138 Å². The van der Waals surface area contributed by atoms with Crippen molar-refractivity contribution in [1.82, 2.24) is 14.5 Å². The third kappa shape index (κ3) is 7.06. The van der Waals surface area contributed by atoms with Crippen LogP contribution < -0.4 is 27.6 Å². The summed E-state index contributed by atoms with van der Waals surface area (Å²) >= 11 is 0. The normalized spacial score (nSPS) is 13.5. The maximum absolute atomic E-state index is 15.3. The zero-order valence-corrected chi connectivity index (χ0v) is 22.0. The Balaban J connectivity index is 1.70. The highest BCUT2D eigenvalue weighted by Crippen LogP contribution is 2.35. The van der Waals surface area contributed by atoms with Crippen molar-refractivity contribution in [1.29, 1.82) is 0 Å². The zero-order valence-electron chi connectivity index (χ0n) is 22.0. The highest BCUT2D eigenvalue weighted by atomic mass is 19.4. The summed E-state index contributed by atoms with van der Waals surface area (Å²) < 4.78 is 59.6. The van der Waals surface area contributed by atoms with E-state index in [1.165, 1.54) is 22.9 Å². The molecular formula is C28H32F4N6O2. The summed E-state index contributed by atoms with van der Waals surface area (Å²) in [5, 5.41) is 0.457. The van der Waals surface area contributed by atoms with Gasteiger partial charge in [0.1, 0.15) is 5.65 Å². The van der Waals surface area contributed by atoms with Gasteiger partial charge in [-0.25, -0.2) is 9.18 Å². The van der Waals surface area contributed by atoms with Gasteiger partial charge < -0.3 is 26.9 Å². The largest absolute Gasteiger partial charge is 0.573 e. The van der Waals surface area contributed by atoms with Crippen molar-refractivity contribution < 1.29 is 22.3 Å². The standard InChI is InChI=1S/C28H32F4N6O2/c1-16(34)4-2-5-17-12-21(25(29)24(13-17)40-28(30,31)32)23-14-19-15-38(27(39)37-26(19)36-23)20-9-7-18(8-10-20)22(35)6-3-11-33/h7-10,12-16,22H,2-6,11,33-35H2,1H3,(H,36,37,39)/t16-,22-/m0/s1. The van der Waals surface area contributed by atoms with E-state index in [9.17, 15) is 18.0 Å². The van der Waals surface area contributed by atoms with Crippen LogP contribution in [0.25, 0.3) is 28.0 Å². The van der Waals surface area contributed by atoms with E-state index in [-0.39, 0.29) is 29.0 Å². The van der Waals surface area contributed by atoms with E-state index in [4.69, 9.17) is 17.2 Å². The first-order chi connectivity index (χ1) is 18.9. The van der Waals surface area contributed by atoms with Crippen LogP contribution in [0.5, 0.6) is 5.75 Å². The summed E-state index contributed by atoms with van der Waals surface area (Å²) in [5.41, 5.74) is 19.0. The van der Waals surface area contributed by atoms with E-state index in [1.807, 2.05) is 19.1 Å². The maximum atomic E-state index is 15.3. The van der Waals surface area contributed by atoms with Gasteiger partial charge in [0.25, 0.3) is 0 Å². The van der Waals surface area contributed by atoms with Gasteiger partial charge in [-0.15, -0.1) is 13.2 Å². The number of aryl methyl sites for hydroxylation is 1. The molecule has 0 aliphatic carbocycles. The fourth-order valence-corrected chi connectivity index (χ4v) is 4.53. The summed E-state index contributed by atoms with van der Waals surface area (Å²) in [4.78, 5) is 19.7. The van der Waals surface area contributed by atoms with Crippen LogP contribution in [0.1, 0.15) is 49.8 Å². The van der Waals surface area contributed by atoms with Crippen molar-refractivity contribution in [3.8, 4) is 22.7 Å². The van der Waals surface area contributed by atoms with Crippen LogP contribution in [-0.4, -0.2) is 33.5 Å². The fourth-order valence-electron chi connectivity index (χ4n) is 4.53. The molecule has 214 valence electrons. The van der Waals surface area contributed by atoms with Crippen molar-refractivity contribution >= 4 is 11.0 Å². The summed E-state index contributed by atoms with van der Waals surface area (Å²) in [6.07, 6.45) is -0.404. The van der Waals surface area contributed by atoms with E-state index in [0.717, 1.165) is 24.5 Å². The molecule has 0 aliphatic heterocycles. The summed E-state index contributed by atoms with van der Waals surface area (Å²) in [6, 6.07) is 10.9.